The van der Waals surface area contributed by atoms with Gasteiger partial charge in [-0.2, -0.15) is 0 Å². The minimum atomic E-state index is -0.630. The Bertz CT molecular complexity index is 336. The van der Waals surface area contributed by atoms with Gasteiger partial charge in [-0.1, -0.05) is 25.0 Å². The minimum Gasteiger partial charge on any atom is -0.502 e. The van der Waals surface area contributed by atoms with Crippen LogP contribution in [0.15, 0.2) is 24.3 Å². The smallest absolute Gasteiger partial charge is 0.310 e. The number of nitrogens with zero attached hydrogens (tertiary/aromatic N) is 1. The fourth-order valence-electron chi connectivity index (χ4n) is 1.60. The van der Waals surface area contributed by atoms with E-state index in [1.54, 1.807) is 0 Å². The van der Waals surface area contributed by atoms with Crippen LogP contribution in [0.25, 0.3) is 0 Å². The summed E-state index contributed by atoms with van der Waals surface area (Å²) in [6.45, 7) is 2.50. The lowest BCUT2D eigenvalue weighted by Gasteiger charge is -1.91. The van der Waals surface area contributed by atoms with Crippen LogP contribution in [0.5, 0.6) is 5.75 Å². The first-order valence-corrected chi connectivity index (χ1v) is 5.85. The van der Waals surface area contributed by atoms with Gasteiger partial charge in [0.25, 0.3) is 0 Å². The van der Waals surface area contributed by atoms with Gasteiger partial charge in [0, 0.05) is 6.07 Å². The molecule has 1 fully saturated rings. The average Bonchev–Trinajstić information content (AvgIpc) is 2.62. The number of nitro benzene ring substituents is 1. The Balaban J connectivity index is 0.000000181. The predicted octanol–water partition coefficient (Wildman–Crippen LogP) is 2.45. The third kappa shape index (κ3) is 5.31. The molecule has 1 aliphatic rings. The van der Waals surface area contributed by atoms with E-state index in [2.05, 4.69) is 5.32 Å². The zero-order valence-electron chi connectivity index (χ0n) is 9.76. The van der Waals surface area contributed by atoms with E-state index in [9.17, 15) is 10.1 Å². The van der Waals surface area contributed by atoms with Crippen LogP contribution in [0.3, 0.4) is 0 Å². The van der Waals surface area contributed by atoms with Gasteiger partial charge in [-0.25, -0.2) is 0 Å². The molecule has 0 bridgehead atoms. The van der Waals surface area contributed by atoms with Crippen LogP contribution in [-0.4, -0.2) is 23.1 Å². The molecule has 17 heavy (non-hydrogen) atoms. The lowest BCUT2D eigenvalue weighted by molar-refractivity contribution is -0.385. The normalized spacial score (nSPS) is 15.3. The van der Waals surface area contributed by atoms with Crippen molar-refractivity contribution in [2.45, 2.75) is 25.7 Å². The van der Waals surface area contributed by atoms with Gasteiger partial charge >= 0.3 is 5.69 Å². The number of hydrogen-bond acceptors (Lipinski definition) is 4. The first-order valence-electron chi connectivity index (χ1n) is 5.85. The predicted molar refractivity (Wildman–Crippen MR) is 66.1 cm³/mol. The Kier molecular flexibility index (Phi) is 6.03. The van der Waals surface area contributed by atoms with E-state index in [1.165, 1.54) is 63.0 Å². The summed E-state index contributed by atoms with van der Waals surface area (Å²) < 4.78 is 0. The highest BCUT2D eigenvalue weighted by Crippen LogP contribution is 2.23. The molecule has 0 unspecified atom stereocenters. The molecule has 0 atom stereocenters. The van der Waals surface area contributed by atoms with Crippen molar-refractivity contribution in [2.75, 3.05) is 13.1 Å². The highest BCUT2D eigenvalue weighted by molar-refractivity contribution is 5.44. The highest BCUT2D eigenvalue weighted by atomic mass is 16.6. The summed E-state index contributed by atoms with van der Waals surface area (Å²) in [5.74, 6) is -0.299. The van der Waals surface area contributed by atoms with E-state index in [1.807, 2.05) is 0 Å². The summed E-state index contributed by atoms with van der Waals surface area (Å²) in [7, 11) is 0. The summed E-state index contributed by atoms with van der Waals surface area (Å²) >= 11 is 0. The lowest BCUT2D eigenvalue weighted by Crippen LogP contribution is -2.12. The van der Waals surface area contributed by atoms with E-state index in [0.29, 0.717) is 0 Å². The number of nitro groups is 1. The quantitative estimate of drug-likeness (QED) is 0.582. The Labute approximate surface area is 101 Å². The van der Waals surface area contributed by atoms with Crippen molar-refractivity contribution in [3.8, 4) is 5.75 Å². The maximum atomic E-state index is 10.1. The van der Waals surface area contributed by atoms with Gasteiger partial charge in [-0.15, -0.1) is 0 Å². The maximum absolute atomic E-state index is 10.1. The number of para-hydroxylation sites is 2. The third-order valence-electron chi connectivity index (χ3n) is 2.54. The van der Waals surface area contributed by atoms with Crippen molar-refractivity contribution in [1.29, 1.82) is 0 Å². The summed E-state index contributed by atoms with van der Waals surface area (Å²) in [6.07, 6.45) is 5.65. The Morgan fingerprint density at radius 1 is 1.12 bits per heavy atom. The van der Waals surface area contributed by atoms with Gasteiger partial charge in [0.05, 0.1) is 4.92 Å². The van der Waals surface area contributed by atoms with Crippen molar-refractivity contribution < 1.29 is 10.0 Å². The van der Waals surface area contributed by atoms with Gasteiger partial charge in [0.15, 0.2) is 5.75 Å². The molecule has 1 aromatic carbocycles. The van der Waals surface area contributed by atoms with Crippen LogP contribution >= 0.6 is 0 Å². The van der Waals surface area contributed by atoms with Gasteiger partial charge in [-0.3, -0.25) is 10.1 Å². The Morgan fingerprint density at radius 2 is 1.71 bits per heavy atom. The lowest BCUT2D eigenvalue weighted by atomic mass is 10.2. The van der Waals surface area contributed by atoms with Crippen LogP contribution in [0.2, 0.25) is 0 Å². The molecular formula is C12H18N2O3. The number of benzene rings is 1. The summed E-state index contributed by atoms with van der Waals surface area (Å²) in [4.78, 5) is 9.44. The molecule has 0 aromatic heterocycles. The fraction of sp³-hybridized carbons (Fsp3) is 0.500. The number of hydrogen-bond donors (Lipinski definition) is 2. The van der Waals surface area contributed by atoms with Gasteiger partial charge < -0.3 is 10.4 Å². The molecule has 0 aliphatic carbocycles. The first-order chi connectivity index (χ1) is 8.22. The van der Waals surface area contributed by atoms with Gasteiger partial charge in [-0.05, 0) is 32.0 Å². The third-order valence-corrected chi connectivity index (χ3v) is 2.54. The van der Waals surface area contributed by atoms with Crippen LogP contribution in [0.4, 0.5) is 5.69 Å². The number of nitrogens with one attached hydrogen (secondary N) is 1. The fourth-order valence-corrected chi connectivity index (χ4v) is 1.60. The molecule has 1 aliphatic heterocycles. The number of rotatable bonds is 1. The average molecular weight is 238 g/mol. The summed E-state index contributed by atoms with van der Waals surface area (Å²) in [5, 5.41) is 22.3. The minimum absolute atomic E-state index is 0.262. The molecule has 5 nitrogen and oxygen atoms in total. The molecule has 0 radical (unpaired) electrons. The Morgan fingerprint density at radius 3 is 2.18 bits per heavy atom. The van der Waals surface area contributed by atoms with E-state index < -0.39 is 4.92 Å². The monoisotopic (exact) mass is 238 g/mol. The van der Waals surface area contributed by atoms with Crippen molar-refractivity contribution in [3.63, 3.8) is 0 Å². The molecule has 1 heterocycles. The molecule has 1 aromatic rings. The number of phenols is 1. The second-order valence-electron chi connectivity index (χ2n) is 3.91. The molecule has 1 saturated heterocycles. The van der Waals surface area contributed by atoms with Crippen LogP contribution in [-0.2, 0) is 0 Å². The van der Waals surface area contributed by atoms with Crippen molar-refractivity contribution in [2.24, 2.45) is 0 Å². The first kappa shape index (κ1) is 13.4. The molecule has 2 N–H and O–H groups in total. The van der Waals surface area contributed by atoms with Gasteiger partial charge in [0.1, 0.15) is 0 Å². The summed E-state index contributed by atoms with van der Waals surface area (Å²) in [5.41, 5.74) is -0.262. The van der Waals surface area contributed by atoms with E-state index >= 15 is 0 Å². The second-order valence-corrected chi connectivity index (χ2v) is 3.91. The highest BCUT2D eigenvalue weighted by Gasteiger charge is 2.09. The van der Waals surface area contributed by atoms with Crippen molar-refractivity contribution in [1.82, 2.24) is 5.32 Å². The summed E-state index contributed by atoms with van der Waals surface area (Å²) in [6, 6.07) is 5.55. The van der Waals surface area contributed by atoms with Crippen LogP contribution in [0, 0.1) is 10.1 Å². The molecule has 0 spiro atoms. The molecule has 0 saturated carbocycles. The van der Waals surface area contributed by atoms with Gasteiger partial charge in [0.2, 0.25) is 0 Å². The molecule has 0 amide bonds. The zero-order chi connectivity index (χ0) is 12.5. The zero-order valence-corrected chi connectivity index (χ0v) is 9.76. The molecular weight excluding hydrogens is 220 g/mol. The number of phenolic OH excluding ortho intramolecular Hbond substituents is 1. The topological polar surface area (TPSA) is 75.4 Å². The molecule has 2 rings (SSSR count). The van der Waals surface area contributed by atoms with E-state index in [0.717, 1.165) is 0 Å². The largest absolute Gasteiger partial charge is 0.502 e. The number of aromatic hydroxyl groups is 1. The Hall–Kier alpha value is -1.62. The second kappa shape index (κ2) is 7.62. The van der Waals surface area contributed by atoms with Crippen molar-refractivity contribution in [3.05, 3.63) is 34.4 Å². The van der Waals surface area contributed by atoms with E-state index in [4.69, 9.17) is 5.11 Å². The molecule has 5 heteroatoms. The standard InChI is InChI=1S/C6H5NO3.C6H13N/c8-6-4-2-1-3-5(6)7(9)10;1-2-4-6-7-5-3-1/h1-4,8H;7H,1-6H2. The SMILES string of the molecule is C1CCCNCC1.O=[N+]([O-])c1ccccc1O. The van der Waals surface area contributed by atoms with E-state index in [-0.39, 0.29) is 11.4 Å². The maximum Gasteiger partial charge on any atom is 0.310 e. The van der Waals surface area contributed by atoms with Crippen LogP contribution < -0.4 is 5.32 Å². The molecule has 94 valence electrons. The van der Waals surface area contributed by atoms with Crippen LogP contribution in [0.1, 0.15) is 25.7 Å². The van der Waals surface area contributed by atoms with Crippen molar-refractivity contribution >= 4 is 5.69 Å².